The highest BCUT2D eigenvalue weighted by molar-refractivity contribution is 5.71. The summed E-state index contributed by atoms with van der Waals surface area (Å²) in [4.78, 5) is 12.5. The van der Waals surface area contributed by atoms with Crippen LogP contribution in [-0.4, -0.2) is 30.2 Å². The Kier molecular flexibility index (Phi) is 3.90. The molecule has 0 aromatic heterocycles. The molecule has 0 amide bonds. The van der Waals surface area contributed by atoms with Crippen molar-refractivity contribution in [3.05, 3.63) is 28.3 Å². The third-order valence-corrected chi connectivity index (χ3v) is 3.47. The van der Waals surface area contributed by atoms with Crippen LogP contribution in [0.3, 0.4) is 0 Å². The summed E-state index contributed by atoms with van der Waals surface area (Å²) in [6.07, 6.45) is 1.08. The minimum absolute atomic E-state index is 0.0237. The Morgan fingerprint density at radius 3 is 2.89 bits per heavy atom. The maximum absolute atomic E-state index is 10.7. The van der Waals surface area contributed by atoms with Crippen LogP contribution in [0, 0.1) is 10.1 Å². The van der Waals surface area contributed by atoms with Crippen molar-refractivity contribution in [2.75, 3.05) is 23.8 Å². The molecule has 6 heteroatoms. The molecule has 1 saturated heterocycles. The largest absolute Gasteiger partial charge is 0.397 e. The molecule has 1 fully saturated rings. The van der Waals surface area contributed by atoms with E-state index in [0.29, 0.717) is 12.3 Å². The first-order chi connectivity index (χ1) is 9.02. The molecule has 0 radical (unpaired) electrons. The highest BCUT2D eigenvalue weighted by Gasteiger charge is 2.27. The van der Waals surface area contributed by atoms with Crippen LogP contribution in [0.1, 0.15) is 20.3 Å². The second-order valence-corrected chi connectivity index (χ2v) is 4.86. The van der Waals surface area contributed by atoms with Crippen molar-refractivity contribution in [1.82, 2.24) is 0 Å². The third kappa shape index (κ3) is 2.78. The lowest BCUT2D eigenvalue weighted by molar-refractivity contribution is -0.384. The van der Waals surface area contributed by atoms with Gasteiger partial charge in [-0.05, 0) is 19.4 Å². The van der Waals surface area contributed by atoms with Gasteiger partial charge in [-0.3, -0.25) is 10.1 Å². The number of non-ortho nitro benzene ring substituents is 1. The number of nitrogens with zero attached hydrogens (tertiary/aromatic N) is 2. The maximum atomic E-state index is 10.7. The average molecular weight is 265 g/mol. The second-order valence-electron chi connectivity index (χ2n) is 4.86. The van der Waals surface area contributed by atoms with Crippen LogP contribution in [0.2, 0.25) is 0 Å². The van der Waals surface area contributed by atoms with E-state index < -0.39 is 4.92 Å². The van der Waals surface area contributed by atoms with Crippen LogP contribution in [-0.2, 0) is 4.74 Å². The summed E-state index contributed by atoms with van der Waals surface area (Å²) < 4.78 is 5.64. The van der Waals surface area contributed by atoms with E-state index in [4.69, 9.17) is 10.5 Å². The average Bonchev–Trinajstić information content (AvgIpc) is 2.38. The van der Waals surface area contributed by atoms with Crippen LogP contribution < -0.4 is 10.6 Å². The molecule has 1 aliphatic heterocycles. The Labute approximate surface area is 112 Å². The Morgan fingerprint density at radius 2 is 2.32 bits per heavy atom. The summed E-state index contributed by atoms with van der Waals surface area (Å²) >= 11 is 0. The Hall–Kier alpha value is -1.82. The molecule has 1 aromatic rings. The predicted molar refractivity (Wildman–Crippen MR) is 74.3 cm³/mol. The zero-order valence-corrected chi connectivity index (χ0v) is 11.2. The Morgan fingerprint density at radius 1 is 1.58 bits per heavy atom. The number of nitro groups is 1. The van der Waals surface area contributed by atoms with Gasteiger partial charge in [-0.15, -0.1) is 0 Å². The van der Waals surface area contributed by atoms with Crippen LogP contribution in [0.15, 0.2) is 18.2 Å². The second kappa shape index (κ2) is 5.44. The summed E-state index contributed by atoms with van der Waals surface area (Å²) in [7, 11) is 0. The van der Waals surface area contributed by atoms with E-state index >= 15 is 0 Å². The minimum Gasteiger partial charge on any atom is -0.397 e. The van der Waals surface area contributed by atoms with Gasteiger partial charge in [0.2, 0.25) is 0 Å². The number of morpholine rings is 1. The van der Waals surface area contributed by atoms with Crippen molar-refractivity contribution in [3.8, 4) is 0 Å². The minimum atomic E-state index is -0.431. The first-order valence-electron chi connectivity index (χ1n) is 6.45. The number of ether oxygens (including phenoxy) is 1. The van der Waals surface area contributed by atoms with Crippen LogP contribution in [0.4, 0.5) is 17.1 Å². The molecule has 0 spiro atoms. The van der Waals surface area contributed by atoms with Crippen LogP contribution >= 0.6 is 0 Å². The number of nitro benzene ring substituents is 1. The van der Waals surface area contributed by atoms with Crippen LogP contribution in [0.5, 0.6) is 0 Å². The summed E-state index contributed by atoms with van der Waals surface area (Å²) in [5.41, 5.74) is 7.29. The van der Waals surface area contributed by atoms with Crippen molar-refractivity contribution >= 4 is 17.1 Å². The van der Waals surface area contributed by atoms with Gasteiger partial charge in [-0.1, -0.05) is 6.92 Å². The van der Waals surface area contributed by atoms with Gasteiger partial charge in [-0.25, -0.2) is 0 Å². The van der Waals surface area contributed by atoms with Crippen molar-refractivity contribution in [1.29, 1.82) is 0 Å². The number of hydrogen-bond donors (Lipinski definition) is 1. The number of hydrogen-bond acceptors (Lipinski definition) is 5. The van der Waals surface area contributed by atoms with Gasteiger partial charge in [0.15, 0.2) is 0 Å². The monoisotopic (exact) mass is 265 g/mol. The molecular formula is C13H19N3O3. The maximum Gasteiger partial charge on any atom is 0.271 e. The van der Waals surface area contributed by atoms with Crippen molar-refractivity contribution < 1.29 is 9.66 Å². The summed E-state index contributed by atoms with van der Waals surface area (Å²) in [5.74, 6) is 0. The molecule has 6 nitrogen and oxygen atoms in total. The zero-order valence-electron chi connectivity index (χ0n) is 11.2. The topological polar surface area (TPSA) is 81.6 Å². The van der Waals surface area contributed by atoms with Gasteiger partial charge < -0.3 is 15.4 Å². The van der Waals surface area contributed by atoms with E-state index in [1.54, 1.807) is 6.07 Å². The van der Waals surface area contributed by atoms with Gasteiger partial charge in [0, 0.05) is 18.7 Å². The fourth-order valence-corrected chi connectivity index (χ4v) is 2.39. The van der Waals surface area contributed by atoms with E-state index in [1.165, 1.54) is 12.1 Å². The molecule has 0 aliphatic carbocycles. The molecule has 2 unspecified atom stereocenters. The lowest BCUT2D eigenvalue weighted by Gasteiger charge is -2.40. The number of rotatable bonds is 3. The van der Waals surface area contributed by atoms with Crippen molar-refractivity contribution in [3.63, 3.8) is 0 Å². The molecule has 1 heterocycles. The predicted octanol–water partition coefficient (Wildman–Crippen LogP) is 2.18. The first kappa shape index (κ1) is 13.6. The molecule has 1 aromatic carbocycles. The number of nitrogens with two attached hydrogens (primary N) is 1. The van der Waals surface area contributed by atoms with Crippen LogP contribution in [0.25, 0.3) is 0 Å². The Bertz CT molecular complexity index is 478. The van der Waals surface area contributed by atoms with Gasteiger partial charge in [0.05, 0.1) is 35.1 Å². The summed E-state index contributed by atoms with van der Waals surface area (Å²) in [6.45, 7) is 5.52. The quantitative estimate of drug-likeness (QED) is 0.514. The van der Waals surface area contributed by atoms with E-state index in [9.17, 15) is 10.1 Å². The van der Waals surface area contributed by atoms with Gasteiger partial charge in [0.25, 0.3) is 5.69 Å². The standard InChI is InChI=1S/C13H19N3O3/c1-3-10-8-19-9(2)7-15(10)13-5-4-11(16(17)18)6-12(13)14/h4-6,9-10H,3,7-8,14H2,1-2H3. The molecule has 0 bridgehead atoms. The lowest BCUT2D eigenvalue weighted by Crippen LogP contribution is -2.48. The summed E-state index contributed by atoms with van der Waals surface area (Å²) in [5, 5.41) is 10.7. The van der Waals surface area contributed by atoms with Crippen molar-refractivity contribution in [2.24, 2.45) is 0 Å². The zero-order chi connectivity index (χ0) is 14.0. The summed E-state index contributed by atoms with van der Waals surface area (Å²) in [6, 6.07) is 4.91. The number of nitrogen functional groups attached to an aromatic ring is 1. The molecule has 2 rings (SSSR count). The molecule has 19 heavy (non-hydrogen) atoms. The first-order valence-corrected chi connectivity index (χ1v) is 6.45. The normalized spacial score (nSPS) is 23.4. The highest BCUT2D eigenvalue weighted by Crippen LogP contribution is 2.31. The van der Waals surface area contributed by atoms with E-state index in [-0.39, 0.29) is 17.8 Å². The lowest BCUT2D eigenvalue weighted by atomic mass is 10.1. The molecule has 2 atom stereocenters. The highest BCUT2D eigenvalue weighted by atomic mass is 16.6. The number of anilines is 2. The van der Waals surface area contributed by atoms with Gasteiger partial charge >= 0.3 is 0 Å². The van der Waals surface area contributed by atoms with Gasteiger partial charge in [0.1, 0.15) is 0 Å². The fraction of sp³-hybridized carbons (Fsp3) is 0.538. The number of benzene rings is 1. The van der Waals surface area contributed by atoms with E-state index in [1.807, 2.05) is 6.92 Å². The third-order valence-electron chi connectivity index (χ3n) is 3.47. The molecular weight excluding hydrogens is 246 g/mol. The van der Waals surface area contributed by atoms with E-state index in [0.717, 1.165) is 18.7 Å². The van der Waals surface area contributed by atoms with Crippen molar-refractivity contribution in [2.45, 2.75) is 32.4 Å². The SMILES string of the molecule is CCC1COC(C)CN1c1ccc([N+](=O)[O-])cc1N. The molecule has 104 valence electrons. The molecule has 1 aliphatic rings. The van der Waals surface area contributed by atoms with Gasteiger partial charge in [-0.2, -0.15) is 0 Å². The smallest absolute Gasteiger partial charge is 0.271 e. The Balaban J connectivity index is 2.31. The molecule has 0 saturated carbocycles. The van der Waals surface area contributed by atoms with E-state index in [2.05, 4.69) is 11.8 Å². The fourth-order valence-electron chi connectivity index (χ4n) is 2.39. The molecule has 2 N–H and O–H groups in total.